The van der Waals surface area contributed by atoms with E-state index >= 15 is 0 Å². The van der Waals surface area contributed by atoms with Gasteiger partial charge in [-0.05, 0) is 6.92 Å². The lowest BCUT2D eigenvalue weighted by atomic mass is 10.1. The van der Waals surface area contributed by atoms with E-state index in [1.807, 2.05) is 0 Å². The van der Waals surface area contributed by atoms with E-state index < -0.39 is 17.5 Å². The molecule has 0 heterocycles. The van der Waals surface area contributed by atoms with E-state index in [9.17, 15) is 13.2 Å². The Balaban J connectivity index is 3.88. The smallest absolute Gasteiger partial charge is 0.171 e. The molecule has 0 N–H and O–H groups in total. The second-order valence-corrected chi connectivity index (χ2v) is 2.70. The summed E-state index contributed by atoms with van der Waals surface area (Å²) >= 11 is 5.19. The van der Waals surface area contributed by atoms with Gasteiger partial charge in [0, 0.05) is 5.38 Å². The molecule has 0 aliphatic carbocycles. The molecule has 0 aliphatic rings. The first-order valence-corrected chi connectivity index (χ1v) is 3.00. The summed E-state index contributed by atoms with van der Waals surface area (Å²) in [5.41, 5.74) is 0. The summed E-state index contributed by atoms with van der Waals surface area (Å²) in [6, 6.07) is 0. The summed E-state index contributed by atoms with van der Waals surface area (Å²) in [7, 11) is 0. The number of hydrogen-bond acceptors (Lipinski definition) is 0. The Bertz CT molecular complexity index is 86.7. The Morgan fingerprint density at radius 1 is 1.22 bits per heavy atom. The number of rotatable bonds is 1. The highest BCUT2D eigenvalue weighted by Crippen LogP contribution is 2.30. The highest BCUT2D eigenvalue weighted by Gasteiger charge is 2.38. The fraction of sp³-hybridized carbons (Fsp3) is 1.00. The predicted octanol–water partition coefficient (Wildman–Crippen LogP) is 2.81. The zero-order chi connectivity index (χ0) is 7.65. The quantitative estimate of drug-likeness (QED) is 0.518. The fourth-order valence-corrected chi connectivity index (χ4v) is 0.403. The second-order valence-electron chi connectivity index (χ2n) is 2.01. The molecule has 0 spiro atoms. The van der Waals surface area contributed by atoms with Crippen LogP contribution in [-0.4, -0.2) is 11.6 Å². The summed E-state index contributed by atoms with van der Waals surface area (Å²) in [5.74, 6) is -1.42. The third-order valence-electron chi connectivity index (χ3n) is 1.21. The van der Waals surface area contributed by atoms with Crippen molar-refractivity contribution in [3.05, 3.63) is 0 Å². The molecule has 0 nitrogen and oxygen atoms in total. The molecule has 0 aromatic heterocycles. The van der Waals surface area contributed by atoms with Crippen LogP contribution in [0.3, 0.4) is 0 Å². The maximum absolute atomic E-state index is 11.6. The van der Waals surface area contributed by atoms with Gasteiger partial charge in [-0.15, -0.1) is 11.6 Å². The molecule has 0 rings (SSSR count). The summed E-state index contributed by atoms with van der Waals surface area (Å²) in [4.78, 5) is 0. The largest absolute Gasteiger partial charge is 0.392 e. The third-order valence-corrected chi connectivity index (χ3v) is 1.58. The Hall–Kier alpha value is 0.0800. The van der Waals surface area contributed by atoms with Crippen molar-refractivity contribution in [3.8, 4) is 0 Å². The standard InChI is InChI=1S/C5H8ClF3/c1-3(4(2)6)5(7,8)9/h3-4H,1-2H3/t3-,4?/m0/s1. The average molecular weight is 161 g/mol. The highest BCUT2D eigenvalue weighted by atomic mass is 35.5. The SMILES string of the molecule is CC(Cl)[C@H](C)C(F)(F)F. The van der Waals surface area contributed by atoms with Crippen LogP contribution in [0, 0.1) is 5.92 Å². The molecule has 56 valence electrons. The van der Waals surface area contributed by atoms with Gasteiger partial charge in [0.25, 0.3) is 0 Å². The van der Waals surface area contributed by atoms with Crippen LogP contribution in [0.2, 0.25) is 0 Å². The number of halogens is 4. The molecule has 9 heavy (non-hydrogen) atoms. The highest BCUT2D eigenvalue weighted by molar-refractivity contribution is 6.20. The predicted molar refractivity (Wildman–Crippen MR) is 30.5 cm³/mol. The van der Waals surface area contributed by atoms with E-state index in [4.69, 9.17) is 11.6 Å². The van der Waals surface area contributed by atoms with E-state index in [1.54, 1.807) is 0 Å². The lowest BCUT2D eigenvalue weighted by Gasteiger charge is -2.16. The topological polar surface area (TPSA) is 0 Å². The van der Waals surface area contributed by atoms with Crippen LogP contribution in [0.1, 0.15) is 13.8 Å². The molecule has 0 radical (unpaired) electrons. The van der Waals surface area contributed by atoms with Crippen molar-refractivity contribution in [3.63, 3.8) is 0 Å². The molecule has 0 saturated heterocycles. The minimum Gasteiger partial charge on any atom is -0.171 e. The fourth-order valence-electron chi connectivity index (χ4n) is 0.260. The van der Waals surface area contributed by atoms with Crippen molar-refractivity contribution in [2.24, 2.45) is 5.92 Å². The monoisotopic (exact) mass is 160 g/mol. The molecule has 0 aromatic carbocycles. The van der Waals surface area contributed by atoms with E-state index in [0.717, 1.165) is 6.92 Å². The van der Waals surface area contributed by atoms with Crippen LogP contribution in [0.15, 0.2) is 0 Å². The van der Waals surface area contributed by atoms with Gasteiger partial charge < -0.3 is 0 Å². The molecule has 0 fully saturated rings. The molecule has 2 atom stereocenters. The van der Waals surface area contributed by atoms with Crippen molar-refractivity contribution in [2.45, 2.75) is 25.4 Å². The summed E-state index contributed by atoms with van der Waals surface area (Å²) in [6.45, 7) is 2.40. The van der Waals surface area contributed by atoms with Crippen LogP contribution >= 0.6 is 11.6 Å². The molecule has 0 aliphatic heterocycles. The lowest BCUT2D eigenvalue weighted by molar-refractivity contribution is -0.168. The second kappa shape index (κ2) is 2.78. The Labute approximate surface area is 57.0 Å². The van der Waals surface area contributed by atoms with Crippen LogP contribution < -0.4 is 0 Å². The Morgan fingerprint density at radius 2 is 1.56 bits per heavy atom. The average Bonchev–Trinajstić information content (AvgIpc) is 1.62. The van der Waals surface area contributed by atoms with Crippen LogP contribution in [-0.2, 0) is 0 Å². The zero-order valence-electron chi connectivity index (χ0n) is 5.17. The lowest BCUT2D eigenvalue weighted by Crippen LogP contribution is -2.26. The molecular formula is C5H8ClF3. The molecule has 1 unspecified atom stereocenters. The summed E-state index contributed by atoms with van der Waals surface area (Å²) in [5, 5.41) is -0.843. The van der Waals surface area contributed by atoms with Gasteiger partial charge in [0.1, 0.15) is 0 Å². The van der Waals surface area contributed by atoms with E-state index in [-0.39, 0.29) is 0 Å². The van der Waals surface area contributed by atoms with Gasteiger partial charge in [-0.1, -0.05) is 6.92 Å². The summed E-state index contributed by atoms with van der Waals surface area (Å²) in [6.07, 6.45) is -4.15. The molecule has 0 bridgehead atoms. The molecule has 0 aromatic rings. The normalized spacial score (nSPS) is 19.3. The first-order valence-electron chi connectivity index (χ1n) is 2.56. The number of alkyl halides is 4. The van der Waals surface area contributed by atoms with Crippen molar-refractivity contribution in [1.82, 2.24) is 0 Å². The minimum absolute atomic E-state index is 0.843. The first kappa shape index (κ1) is 9.08. The Kier molecular flexibility index (Phi) is 2.80. The molecule has 4 heteroatoms. The van der Waals surface area contributed by atoms with Gasteiger partial charge >= 0.3 is 6.18 Å². The van der Waals surface area contributed by atoms with Gasteiger partial charge in [-0.3, -0.25) is 0 Å². The molecule has 0 saturated carbocycles. The van der Waals surface area contributed by atoms with Crippen molar-refractivity contribution < 1.29 is 13.2 Å². The van der Waals surface area contributed by atoms with Gasteiger partial charge in [-0.25, -0.2) is 0 Å². The van der Waals surface area contributed by atoms with Crippen molar-refractivity contribution in [2.75, 3.05) is 0 Å². The first-order chi connectivity index (χ1) is 3.85. The zero-order valence-corrected chi connectivity index (χ0v) is 5.92. The van der Waals surface area contributed by atoms with Gasteiger partial charge in [0.2, 0.25) is 0 Å². The third kappa shape index (κ3) is 2.94. The maximum Gasteiger partial charge on any atom is 0.392 e. The van der Waals surface area contributed by atoms with E-state index in [2.05, 4.69) is 0 Å². The van der Waals surface area contributed by atoms with Gasteiger partial charge in [-0.2, -0.15) is 13.2 Å². The van der Waals surface area contributed by atoms with Crippen LogP contribution in [0.5, 0.6) is 0 Å². The molecular weight excluding hydrogens is 153 g/mol. The molecule has 0 amide bonds. The Morgan fingerprint density at radius 3 is 1.56 bits per heavy atom. The van der Waals surface area contributed by atoms with E-state index in [0.29, 0.717) is 0 Å². The van der Waals surface area contributed by atoms with Crippen molar-refractivity contribution in [1.29, 1.82) is 0 Å². The minimum atomic E-state index is -4.15. The van der Waals surface area contributed by atoms with Gasteiger partial charge in [0.15, 0.2) is 0 Å². The van der Waals surface area contributed by atoms with Crippen LogP contribution in [0.25, 0.3) is 0 Å². The van der Waals surface area contributed by atoms with Gasteiger partial charge in [0.05, 0.1) is 5.92 Å². The van der Waals surface area contributed by atoms with Crippen molar-refractivity contribution >= 4 is 11.6 Å². The van der Waals surface area contributed by atoms with E-state index in [1.165, 1.54) is 6.92 Å². The number of hydrogen-bond donors (Lipinski definition) is 0. The van der Waals surface area contributed by atoms with Crippen LogP contribution in [0.4, 0.5) is 13.2 Å². The summed E-state index contributed by atoms with van der Waals surface area (Å²) < 4.78 is 34.8. The maximum atomic E-state index is 11.6.